The summed E-state index contributed by atoms with van der Waals surface area (Å²) in [6, 6.07) is 12.5. The van der Waals surface area contributed by atoms with Gasteiger partial charge in [-0.25, -0.2) is 18.2 Å². The number of hydrogen-bond donors (Lipinski definition) is 2. The molecule has 1 fully saturated rings. The molecule has 11 nitrogen and oxygen atoms in total. The molecule has 0 radical (unpaired) electrons. The van der Waals surface area contributed by atoms with Crippen LogP contribution in [-0.2, 0) is 25.1 Å². The molecule has 1 aromatic heterocycles. The third-order valence-corrected chi connectivity index (χ3v) is 8.16. The van der Waals surface area contributed by atoms with Crippen molar-refractivity contribution in [2.24, 2.45) is 0 Å². The fourth-order valence-corrected chi connectivity index (χ4v) is 5.97. The number of fused-ring (bicyclic) bond motifs is 1. The molecule has 2 atom stereocenters. The number of carbonyl (C=O) groups is 3. The number of para-hydroxylation sites is 2. The van der Waals surface area contributed by atoms with E-state index in [1.807, 2.05) is 6.92 Å². The van der Waals surface area contributed by atoms with E-state index in [0.29, 0.717) is 55.8 Å². The van der Waals surface area contributed by atoms with Crippen molar-refractivity contribution < 1.29 is 32.0 Å². The minimum absolute atomic E-state index is 0.145. The number of rotatable bonds is 12. The minimum Gasteiger partial charge on any atom is -0.434 e. The zero-order chi connectivity index (χ0) is 28.5. The average Bonchev–Trinajstić information content (AvgIpc) is 3.39. The molecule has 214 valence electrons. The molecule has 0 bridgehead atoms. The van der Waals surface area contributed by atoms with Crippen LogP contribution in [0.5, 0.6) is 0 Å². The lowest BCUT2D eigenvalue weighted by Crippen LogP contribution is -2.57. The van der Waals surface area contributed by atoms with Crippen molar-refractivity contribution in [3.8, 4) is 0 Å². The average molecular weight is 571 g/mol. The highest BCUT2D eigenvalue weighted by molar-refractivity contribution is 7.90. The van der Waals surface area contributed by atoms with Crippen LogP contribution in [0.25, 0.3) is 11.1 Å². The Kier molecular flexibility index (Phi) is 9.88. The first-order valence-corrected chi connectivity index (χ1v) is 15.2. The van der Waals surface area contributed by atoms with Crippen molar-refractivity contribution in [2.45, 2.75) is 44.0 Å². The number of urea groups is 1. The smallest absolute Gasteiger partial charge is 0.318 e. The number of hydrogen-bond acceptors (Lipinski definition) is 8. The molecular weight excluding hydrogens is 536 g/mol. The standard InChI is InChI=1S/C28H34N4O7S/c1-2-3-11-22(25(33)27-30-21-12-7-8-13-24(21)39-27)29-26(34)23(31-28(35)32-14-16-38-17-15-32)19-40(36,37)18-20-9-5-4-6-10-20/h4-10,12-13,22-23H,2-3,11,14-19H2,1H3,(H,29,34)(H,31,35)/t22-,23-/m0/s1. The number of benzene rings is 2. The van der Waals surface area contributed by atoms with Gasteiger partial charge in [0.05, 0.1) is 30.8 Å². The monoisotopic (exact) mass is 570 g/mol. The fourth-order valence-electron chi connectivity index (χ4n) is 4.41. The summed E-state index contributed by atoms with van der Waals surface area (Å²) in [5.74, 6) is -2.38. The number of aromatic nitrogens is 1. The Morgan fingerprint density at radius 2 is 1.68 bits per heavy atom. The van der Waals surface area contributed by atoms with E-state index in [1.54, 1.807) is 54.6 Å². The van der Waals surface area contributed by atoms with Gasteiger partial charge in [-0.15, -0.1) is 0 Å². The predicted octanol–water partition coefficient (Wildman–Crippen LogP) is 2.71. The molecular formula is C28H34N4O7S. The van der Waals surface area contributed by atoms with E-state index in [4.69, 9.17) is 9.15 Å². The Labute approximate surface area is 233 Å². The van der Waals surface area contributed by atoms with Gasteiger partial charge in [-0.3, -0.25) is 9.59 Å². The summed E-state index contributed by atoms with van der Waals surface area (Å²) in [6.45, 7) is 3.26. The zero-order valence-electron chi connectivity index (χ0n) is 22.4. The number of unbranched alkanes of at least 4 members (excludes halogenated alkanes) is 1. The molecule has 3 amide bonds. The number of Topliss-reactive ketones (excluding diaryl/α,β-unsaturated/α-hetero) is 1. The van der Waals surface area contributed by atoms with E-state index in [2.05, 4.69) is 15.6 Å². The van der Waals surface area contributed by atoms with Crippen LogP contribution in [0.15, 0.2) is 59.0 Å². The van der Waals surface area contributed by atoms with Crippen LogP contribution in [0.1, 0.15) is 42.4 Å². The lowest BCUT2D eigenvalue weighted by atomic mass is 10.0. The van der Waals surface area contributed by atoms with E-state index >= 15 is 0 Å². The van der Waals surface area contributed by atoms with Crippen LogP contribution in [0.4, 0.5) is 4.79 Å². The van der Waals surface area contributed by atoms with Gasteiger partial charge in [0.1, 0.15) is 11.6 Å². The highest BCUT2D eigenvalue weighted by Gasteiger charge is 2.33. The van der Waals surface area contributed by atoms with Crippen LogP contribution in [0.2, 0.25) is 0 Å². The second kappa shape index (κ2) is 13.5. The normalized spacial score (nSPS) is 15.4. The van der Waals surface area contributed by atoms with Gasteiger partial charge in [0, 0.05) is 13.1 Å². The van der Waals surface area contributed by atoms with Crippen molar-refractivity contribution in [3.05, 3.63) is 66.1 Å². The van der Waals surface area contributed by atoms with Gasteiger partial charge >= 0.3 is 6.03 Å². The number of carbonyl (C=O) groups excluding carboxylic acids is 3. The second-order valence-corrected chi connectivity index (χ2v) is 11.8. The first-order valence-electron chi connectivity index (χ1n) is 13.3. The summed E-state index contributed by atoms with van der Waals surface area (Å²) in [7, 11) is -3.83. The minimum atomic E-state index is -3.83. The SMILES string of the molecule is CCCC[C@H](NC(=O)[C@H](CS(=O)(=O)Cc1ccccc1)NC(=O)N1CCOCC1)C(=O)c1nc2ccccc2o1. The molecule has 2 N–H and O–H groups in total. The van der Waals surface area contributed by atoms with Crippen LogP contribution in [-0.4, -0.2) is 80.2 Å². The Bertz CT molecular complexity index is 1390. The van der Waals surface area contributed by atoms with E-state index in [-0.39, 0.29) is 11.6 Å². The lowest BCUT2D eigenvalue weighted by molar-refractivity contribution is -0.123. The Morgan fingerprint density at radius 1 is 0.975 bits per heavy atom. The van der Waals surface area contributed by atoms with E-state index < -0.39 is 45.4 Å². The number of oxazole rings is 1. The third kappa shape index (κ3) is 7.89. The lowest BCUT2D eigenvalue weighted by Gasteiger charge is -2.29. The first-order chi connectivity index (χ1) is 19.3. The Hall–Kier alpha value is -3.77. The molecule has 4 rings (SSSR count). The van der Waals surface area contributed by atoms with Gasteiger partial charge in [-0.1, -0.05) is 62.2 Å². The van der Waals surface area contributed by atoms with Gasteiger partial charge in [-0.05, 0) is 24.1 Å². The maximum absolute atomic E-state index is 13.5. The summed E-state index contributed by atoms with van der Waals surface area (Å²) >= 11 is 0. The molecule has 40 heavy (non-hydrogen) atoms. The molecule has 1 aliphatic rings. The fraction of sp³-hybridized carbons (Fsp3) is 0.429. The largest absolute Gasteiger partial charge is 0.434 e. The molecule has 0 aliphatic carbocycles. The van der Waals surface area contributed by atoms with E-state index in [0.717, 1.165) is 6.42 Å². The quantitative estimate of drug-likeness (QED) is 0.316. The number of nitrogens with zero attached hydrogens (tertiary/aromatic N) is 2. The van der Waals surface area contributed by atoms with Gasteiger partial charge < -0.3 is 24.7 Å². The topological polar surface area (TPSA) is 148 Å². The molecule has 3 aromatic rings. The number of nitrogens with one attached hydrogen (secondary N) is 2. The number of amides is 3. The Morgan fingerprint density at radius 3 is 2.38 bits per heavy atom. The number of ether oxygens (including phenoxy) is 1. The maximum Gasteiger partial charge on any atom is 0.318 e. The van der Waals surface area contributed by atoms with Gasteiger partial charge in [0.25, 0.3) is 5.89 Å². The summed E-state index contributed by atoms with van der Waals surface area (Å²) < 4.78 is 37.2. The number of ketones is 1. The van der Waals surface area contributed by atoms with Gasteiger partial charge in [0.2, 0.25) is 11.7 Å². The van der Waals surface area contributed by atoms with Gasteiger partial charge in [0.15, 0.2) is 15.4 Å². The van der Waals surface area contributed by atoms with Crippen LogP contribution >= 0.6 is 0 Å². The predicted molar refractivity (Wildman–Crippen MR) is 148 cm³/mol. The molecule has 0 saturated carbocycles. The molecule has 2 aromatic carbocycles. The molecule has 0 spiro atoms. The second-order valence-electron chi connectivity index (χ2n) is 9.70. The zero-order valence-corrected chi connectivity index (χ0v) is 23.2. The van der Waals surface area contributed by atoms with Crippen LogP contribution < -0.4 is 10.6 Å². The molecule has 2 heterocycles. The van der Waals surface area contributed by atoms with E-state index in [9.17, 15) is 22.8 Å². The van der Waals surface area contributed by atoms with Crippen molar-refractivity contribution in [2.75, 3.05) is 32.1 Å². The summed E-state index contributed by atoms with van der Waals surface area (Å²) in [4.78, 5) is 45.6. The van der Waals surface area contributed by atoms with Crippen molar-refractivity contribution in [1.29, 1.82) is 0 Å². The number of morpholine rings is 1. The van der Waals surface area contributed by atoms with Crippen LogP contribution in [0, 0.1) is 0 Å². The maximum atomic E-state index is 13.5. The summed E-state index contributed by atoms with van der Waals surface area (Å²) in [5, 5.41) is 5.26. The molecule has 12 heteroatoms. The summed E-state index contributed by atoms with van der Waals surface area (Å²) in [5.41, 5.74) is 1.51. The highest BCUT2D eigenvalue weighted by atomic mass is 32.2. The van der Waals surface area contributed by atoms with Crippen molar-refractivity contribution >= 4 is 38.7 Å². The number of sulfone groups is 1. The Balaban J connectivity index is 1.54. The van der Waals surface area contributed by atoms with Crippen molar-refractivity contribution in [1.82, 2.24) is 20.5 Å². The molecule has 1 saturated heterocycles. The van der Waals surface area contributed by atoms with Crippen LogP contribution in [0.3, 0.4) is 0 Å². The van der Waals surface area contributed by atoms with Gasteiger partial charge in [-0.2, -0.15) is 0 Å². The summed E-state index contributed by atoms with van der Waals surface area (Å²) in [6.07, 6.45) is 1.67. The van der Waals surface area contributed by atoms with E-state index in [1.165, 1.54) is 4.90 Å². The highest BCUT2D eigenvalue weighted by Crippen LogP contribution is 2.18. The molecule has 1 aliphatic heterocycles. The first kappa shape index (κ1) is 29.2. The third-order valence-electron chi connectivity index (χ3n) is 6.55. The van der Waals surface area contributed by atoms with Crippen molar-refractivity contribution in [3.63, 3.8) is 0 Å². The molecule has 0 unspecified atom stereocenters.